The molecule has 0 aliphatic carbocycles. The van der Waals surface area contributed by atoms with E-state index in [2.05, 4.69) is 15.5 Å². The highest BCUT2D eigenvalue weighted by Gasteiger charge is 1.95. The van der Waals surface area contributed by atoms with Gasteiger partial charge in [-0.25, -0.2) is 0 Å². The third kappa shape index (κ3) is 4.20. The van der Waals surface area contributed by atoms with E-state index in [9.17, 15) is 0 Å². The lowest BCUT2D eigenvalue weighted by molar-refractivity contribution is 0.316. The topological polar surface area (TPSA) is 83.5 Å². The molecule has 1 aromatic rings. The van der Waals surface area contributed by atoms with E-state index in [-0.39, 0.29) is 5.84 Å². The molecule has 0 radical (unpaired) electrons. The summed E-state index contributed by atoms with van der Waals surface area (Å²) < 4.78 is 0. The Bertz CT molecular complexity index is 273. The molecule has 5 nitrogen and oxygen atoms in total. The van der Waals surface area contributed by atoms with Crippen LogP contribution in [0.5, 0.6) is 0 Å². The first kappa shape index (κ1) is 10.9. The molecule has 0 fully saturated rings. The van der Waals surface area contributed by atoms with Gasteiger partial charge in [0.15, 0.2) is 0 Å². The van der Waals surface area contributed by atoms with Crippen molar-refractivity contribution in [1.29, 1.82) is 0 Å². The lowest BCUT2D eigenvalue weighted by atomic mass is 10.3. The van der Waals surface area contributed by atoms with Gasteiger partial charge in [0.1, 0.15) is 5.84 Å². The maximum atomic E-state index is 8.28. The summed E-state index contributed by atoms with van der Waals surface area (Å²) >= 11 is 1.63. The van der Waals surface area contributed by atoms with Gasteiger partial charge in [-0.15, -0.1) is 11.3 Å². The minimum absolute atomic E-state index is 0.282. The van der Waals surface area contributed by atoms with Crippen LogP contribution in [0.1, 0.15) is 17.7 Å². The van der Waals surface area contributed by atoms with Gasteiger partial charge in [0.05, 0.1) is 5.51 Å². The maximum Gasteiger partial charge on any atom is 0.139 e. The Morgan fingerprint density at radius 1 is 1.71 bits per heavy atom. The van der Waals surface area contributed by atoms with Gasteiger partial charge < -0.3 is 16.3 Å². The fourth-order valence-corrected chi connectivity index (χ4v) is 1.55. The van der Waals surface area contributed by atoms with Gasteiger partial charge in [0.25, 0.3) is 0 Å². The number of nitrogens with two attached hydrogens (primary N) is 1. The Labute approximate surface area is 86.6 Å². The van der Waals surface area contributed by atoms with E-state index in [4.69, 9.17) is 10.9 Å². The summed E-state index contributed by atoms with van der Waals surface area (Å²) in [6.07, 6.45) is 3.34. The van der Waals surface area contributed by atoms with E-state index in [1.165, 1.54) is 4.88 Å². The third-order valence-electron chi connectivity index (χ3n) is 1.70. The Hall–Kier alpha value is -1.14. The molecular weight excluding hydrogens is 200 g/mol. The predicted octanol–water partition coefficient (Wildman–Crippen LogP) is 0.759. The molecular formula is C8H14N4OS. The fourth-order valence-electron chi connectivity index (χ4n) is 0.986. The number of amidine groups is 1. The molecule has 0 unspecified atom stereocenters. The summed E-state index contributed by atoms with van der Waals surface area (Å²) in [5, 5.41) is 14.4. The minimum atomic E-state index is 0.282. The lowest BCUT2D eigenvalue weighted by Crippen LogP contribution is -2.18. The third-order valence-corrected chi connectivity index (χ3v) is 2.48. The summed E-state index contributed by atoms with van der Waals surface area (Å²) in [7, 11) is 0. The van der Waals surface area contributed by atoms with Crippen molar-refractivity contribution in [2.75, 3.05) is 6.54 Å². The van der Waals surface area contributed by atoms with Crippen LogP contribution in [-0.2, 0) is 6.54 Å². The summed E-state index contributed by atoms with van der Waals surface area (Å²) in [6, 6.07) is 0. The highest BCUT2D eigenvalue weighted by Crippen LogP contribution is 2.03. The van der Waals surface area contributed by atoms with E-state index in [1.807, 2.05) is 11.7 Å². The second kappa shape index (κ2) is 6.33. The molecule has 1 aromatic heterocycles. The average Bonchev–Trinajstić information content (AvgIpc) is 2.69. The van der Waals surface area contributed by atoms with E-state index >= 15 is 0 Å². The van der Waals surface area contributed by atoms with Crippen molar-refractivity contribution in [2.45, 2.75) is 19.4 Å². The summed E-state index contributed by atoms with van der Waals surface area (Å²) in [4.78, 5) is 5.19. The number of oxime groups is 1. The molecule has 0 aromatic carbocycles. The van der Waals surface area contributed by atoms with Crippen molar-refractivity contribution in [2.24, 2.45) is 10.9 Å². The standard InChI is InChI=1S/C8H14N4OS/c9-8(12-13)2-1-3-10-4-7-5-11-6-14-7/h5-6,10,13H,1-4H2,(H2,9,12). The van der Waals surface area contributed by atoms with Gasteiger partial charge in [-0.2, -0.15) is 0 Å². The number of hydrogen-bond acceptors (Lipinski definition) is 5. The van der Waals surface area contributed by atoms with Crippen LogP contribution in [0.25, 0.3) is 0 Å². The first-order valence-electron chi connectivity index (χ1n) is 4.37. The second-order valence-electron chi connectivity index (χ2n) is 2.84. The number of aromatic nitrogens is 1. The summed E-state index contributed by atoms with van der Waals surface area (Å²) in [5.74, 6) is 0.282. The fraction of sp³-hybridized carbons (Fsp3) is 0.500. The lowest BCUT2D eigenvalue weighted by Gasteiger charge is -2.01. The molecule has 0 aliphatic rings. The van der Waals surface area contributed by atoms with Gasteiger partial charge in [0.2, 0.25) is 0 Å². The van der Waals surface area contributed by atoms with Crippen LogP contribution in [0.2, 0.25) is 0 Å². The Balaban J connectivity index is 2.00. The van der Waals surface area contributed by atoms with E-state index in [1.54, 1.807) is 11.3 Å². The molecule has 1 rings (SSSR count). The molecule has 0 amide bonds. The number of thiazole rings is 1. The van der Waals surface area contributed by atoms with E-state index in [0.717, 1.165) is 19.5 Å². The zero-order valence-electron chi connectivity index (χ0n) is 7.81. The van der Waals surface area contributed by atoms with Crippen molar-refractivity contribution < 1.29 is 5.21 Å². The first-order valence-corrected chi connectivity index (χ1v) is 5.25. The zero-order valence-corrected chi connectivity index (χ0v) is 8.63. The van der Waals surface area contributed by atoms with E-state index < -0.39 is 0 Å². The van der Waals surface area contributed by atoms with Crippen molar-refractivity contribution >= 4 is 17.2 Å². The number of rotatable bonds is 6. The Morgan fingerprint density at radius 3 is 3.21 bits per heavy atom. The van der Waals surface area contributed by atoms with Gasteiger partial charge in [-0.05, 0) is 13.0 Å². The van der Waals surface area contributed by atoms with Crippen molar-refractivity contribution in [3.63, 3.8) is 0 Å². The molecule has 78 valence electrons. The van der Waals surface area contributed by atoms with Crippen LogP contribution in [0.15, 0.2) is 16.9 Å². The van der Waals surface area contributed by atoms with Gasteiger partial charge in [-0.1, -0.05) is 5.16 Å². The average molecular weight is 214 g/mol. The van der Waals surface area contributed by atoms with Gasteiger partial charge in [-0.3, -0.25) is 4.98 Å². The molecule has 0 spiro atoms. The normalized spacial score (nSPS) is 11.9. The van der Waals surface area contributed by atoms with Crippen molar-refractivity contribution in [1.82, 2.24) is 10.3 Å². The Kier molecular flexibility index (Phi) is 4.95. The molecule has 4 N–H and O–H groups in total. The molecule has 0 aliphatic heterocycles. The first-order chi connectivity index (χ1) is 6.83. The number of hydrogen-bond donors (Lipinski definition) is 3. The van der Waals surface area contributed by atoms with Crippen LogP contribution >= 0.6 is 11.3 Å². The highest BCUT2D eigenvalue weighted by molar-refractivity contribution is 7.09. The van der Waals surface area contributed by atoms with Gasteiger partial charge in [0, 0.05) is 24.0 Å². The predicted molar refractivity (Wildman–Crippen MR) is 56.5 cm³/mol. The van der Waals surface area contributed by atoms with Crippen LogP contribution in [0.4, 0.5) is 0 Å². The molecule has 0 bridgehead atoms. The largest absolute Gasteiger partial charge is 0.409 e. The van der Waals surface area contributed by atoms with Crippen LogP contribution in [0.3, 0.4) is 0 Å². The Morgan fingerprint density at radius 2 is 2.57 bits per heavy atom. The molecule has 14 heavy (non-hydrogen) atoms. The molecule has 0 saturated carbocycles. The maximum absolute atomic E-state index is 8.28. The number of nitrogens with zero attached hydrogens (tertiary/aromatic N) is 2. The van der Waals surface area contributed by atoms with Crippen molar-refractivity contribution in [3.05, 3.63) is 16.6 Å². The molecule has 0 saturated heterocycles. The molecule has 1 heterocycles. The number of nitrogens with one attached hydrogen (secondary N) is 1. The smallest absolute Gasteiger partial charge is 0.139 e. The summed E-state index contributed by atoms with van der Waals surface area (Å²) in [5.41, 5.74) is 7.13. The highest BCUT2D eigenvalue weighted by atomic mass is 32.1. The van der Waals surface area contributed by atoms with Crippen molar-refractivity contribution in [3.8, 4) is 0 Å². The van der Waals surface area contributed by atoms with E-state index in [0.29, 0.717) is 6.42 Å². The molecule has 6 heteroatoms. The quantitative estimate of drug-likeness (QED) is 0.215. The van der Waals surface area contributed by atoms with Crippen LogP contribution in [-0.4, -0.2) is 22.6 Å². The monoisotopic (exact) mass is 214 g/mol. The zero-order chi connectivity index (χ0) is 10.2. The summed E-state index contributed by atoms with van der Waals surface area (Å²) in [6.45, 7) is 1.69. The minimum Gasteiger partial charge on any atom is -0.409 e. The van der Waals surface area contributed by atoms with Gasteiger partial charge >= 0.3 is 0 Å². The van der Waals surface area contributed by atoms with Crippen LogP contribution in [0, 0.1) is 0 Å². The second-order valence-corrected chi connectivity index (χ2v) is 3.81. The molecule has 0 atom stereocenters. The SMILES string of the molecule is NC(CCCNCc1cncs1)=NO. The van der Waals surface area contributed by atoms with Crippen LogP contribution < -0.4 is 11.1 Å².